The molecular formula is C17H28N2. The second-order valence-corrected chi connectivity index (χ2v) is 5.75. The Hall–Kier alpha value is -0.860. The molecule has 2 rings (SSSR count). The number of aryl methyl sites for hydroxylation is 1. The maximum absolute atomic E-state index is 3.55. The normalized spacial score (nSPS) is 19.9. The first kappa shape index (κ1) is 14.5. The van der Waals surface area contributed by atoms with Crippen LogP contribution in [-0.4, -0.2) is 37.6 Å². The summed E-state index contributed by atoms with van der Waals surface area (Å²) in [6, 6.07) is 10.8. The fourth-order valence-corrected chi connectivity index (χ4v) is 2.92. The van der Waals surface area contributed by atoms with Crippen LogP contribution in [0.1, 0.15) is 31.7 Å². The summed E-state index contributed by atoms with van der Waals surface area (Å²) in [5, 5.41) is 3.55. The molecule has 2 nitrogen and oxygen atoms in total. The van der Waals surface area contributed by atoms with Crippen molar-refractivity contribution in [2.24, 2.45) is 5.92 Å². The second-order valence-electron chi connectivity index (χ2n) is 5.75. The van der Waals surface area contributed by atoms with Crippen molar-refractivity contribution in [3.63, 3.8) is 0 Å². The highest BCUT2D eigenvalue weighted by Gasteiger charge is 2.21. The van der Waals surface area contributed by atoms with E-state index in [0.29, 0.717) is 0 Å². The van der Waals surface area contributed by atoms with Crippen LogP contribution < -0.4 is 5.32 Å². The average Bonchev–Trinajstić information content (AvgIpc) is 2.88. The van der Waals surface area contributed by atoms with Gasteiger partial charge in [0, 0.05) is 6.54 Å². The van der Waals surface area contributed by atoms with Gasteiger partial charge in [-0.2, -0.15) is 0 Å². The van der Waals surface area contributed by atoms with Gasteiger partial charge in [-0.25, -0.2) is 0 Å². The Balaban J connectivity index is 1.57. The summed E-state index contributed by atoms with van der Waals surface area (Å²) in [4.78, 5) is 2.64. The molecule has 1 atom stereocenters. The van der Waals surface area contributed by atoms with Crippen molar-refractivity contribution in [3.8, 4) is 0 Å². The highest BCUT2D eigenvalue weighted by Crippen LogP contribution is 2.16. The van der Waals surface area contributed by atoms with Crippen molar-refractivity contribution >= 4 is 0 Å². The van der Waals surface area contributed by atoms with Crippen LogP contribution in [0.25, 0.3) is 0 Å². The van der Waals surface area contributed by atoms with E-state index in [1.807, 2.05) is 0 Å². The van der Waals surface area contributed by atoms with E-state index in [1.165, 1.54) is 64.0 Å². The molecule has 0 bridgehead atoms. The molecule has 1 aliphatic rings. The minimum Gasteiger partial charge on any atom is -0.316 e. The summed E-state index contributed by atoms with van der Waals surface area (Å²) in [5.74, 6) is 0.878. The predicted molar refractivity (Wildman–Crippen MR) is 82.5 cm³/mol. The summed E-state index contributed by atoms with van der Waals surface area (Å²) in [6.07, 6.45) is 5.13. The number of nitrogens with zero attached hydrogens (tertiary/aromatic N) is 1. The molecule has 0 amide bonds. The van der Waals surface area contributed by atoms with Crippen molar-refractivity contribution in [1.29, 1.82) is 0 Å². The SMILES string of the molecule is CCCNCC1CCN(CCCc2ccccc2)C1. The Morgan fingerprint density at radius 3 is 2.89 bits per heavy atom. The van der Waals surface area contributed by atoms with Crippen molar-refractivity contribution in [2.45, 2.75) is 32.6 Å². The predicted octanol–water partition coefficient (Wildman–Crippen LogP) is 2.94. The van der Waals surface area contributed by atoms with Crippen LogP contribution in [0.15, 0.2) is 30.3 Å². The van der Waals surface area contributed by atoms with E-state index in [-0.39, 0.29) is 0 Å². The number of hydrogen-bond acceptors (Lipinski definition) is 2. The lowest BCUT2D eigenvalue weighted by Crippen LogP contribution is -2.27. The third-order valence-corrected chi connectivity index (χ3v) is 4.01. The molecule has 2 heteroatoms. The monoisotopic (exact) mass is 260 g/mol. The molecule has 0 aliphatic carbocycles. The Morgan fingerprint density at radius 1 is 1.26 bits per heavy atom. The number of rotatable bonds is 8. The molecule has 1 aromatic rings. The standard InChI is InChI=1S/C17H28N2/c1-2-11-18-14-17-10-13-19(15-17)12-6-9-16-7-4-3-5-8-16/h3-5,7-8,17-18H,2,6,9-15H2,1H3. The summed E-state index contributed by atoms with van der Waals surface area (Å²) < 4.78 is 0. The molecule has 0 spiro atoms. The van der Waals surface area contributed by atoms with Gasteiger partial charge in [-0.3, -0.25) is 0 Å². The minimum atomic E-state index is 0.878. The van der Waals surface area contributed by atoms with Gasteiger partial charge < -0.3 is 10.2 Å². The summed E-state index contributed by atoms with van der Waals surface area (Å²) in [6.45, 7) is 8.48. The van der Waals surface area contributed by atoms with Crippen molar-refractivity contribution < 1.29 is 0 Å². The lowest BCUT2D eigenvalue weighted by molar-refractivity contribution is 0.317. The van der Waals surface area contributed by atoms with Crippen LogP contribution in [0.4, 0.5) is 0 Å². The smallest absolute Gasteiger partial charge is 0.00223 e. The Labute approximate surface area is 118 Å². The second kappa shape index (κ2) is 8.34. The van der Waals surface area contributed by atoms with E-state index in [1.54, 1.807) is 0 Å². The minimum absolute atomic E-state index is 0.878. The van der Waals surface area contributed by atoms with Gasteiger partial charge in [0.15, 0.2) is 0 Å². The fraction of sp³-hybridized carbons (Fsp3) is 0.647. The number of nitrogens with one attached hydrogen (secondary N) is 1. The van der Waals surface area contributed by atoms with Gasteiger partial charge in [0.2, 0.25) is 0 Å². The van der Waals surface area contributed by atoms with E-state index in [4.69, 9.17) is 0 Å². The first-order valence-electron chi connectivity index (χ1n) is 7.85. The molecule has 1 fully saturated rings. The zero-order valence-corrected chi connectivity index (χ0v) is 12.3. The molecule has 1 aliphatic heterocycles. The Morgan fingerprint density at radius 2 is 2.11 bits per heavy atom. The van der Waals surface area contributed by atoms with E-state index in [0.717, 1.165) is 5.92 Å². The van der Waals surface area contributed by atoms with Crippen LogP contribution in [0.5, 0.6) is 0 Å². The lowest BCUT2D eigenvalue weighted by atomic mass is 10.1. The number of likely N-dealkylation sites (tertiary alicyclic amines) is 1. The first-order chi connectivity index (χ1) is 9.38. The summed E-state index contributed by atoms with van der Waals surface area (Å²) >= 11 is 0. The summed E-state index contributed by atoms with van der Waals surface area (Å²) in [7, 11) is 0. The Bertz CT molecular complexity index is 336. The molecular weight excluding hydrogens is 232 g/mol. The molecule has 106 valence electrons. The Kier molecular flexibility index (Phi) is 6.38. The quantitative estimate of drug-likeness (QED) is 0.723. The lowest BCUT2D eigenvalue weighted by Gasteiger charge is -2.16. The molecule has 0 radical (unpaired) electrons. The zero-order valence-electron chi connectivity index (χ0n) is 12.3. The molecule has 0 saturated carbocycles. The van der Waals surface area contributed by atoms with Crippen molar-refractivity contribution in [3.05, 3.63) is 35.9 Å². The molecule has 1 N–H and O–H groups in total. The molecule has 19 heavy (non-hydrogen) atoms. The van der Waals surface area contributed by atoms with E-state index >= 15 is 0 Å². The van der Waals surface area contributed by atoms with Crippen molar-refractivity contribution in [1.82, 2.24) is 10.2 Å². The van der Waals surface area contributed by atoms with E-state index in [9.17, 15) is 0 Å². The van der Waals surface area contributed by atoms with Crippen molar-refractivity contribution in [2.75, 3.05) is 32.7 Å². The first-order valence-corrected chi connectivity index (χ1v) is 7.85. The third-order valence-electron chi connectivity index (χ3n) is 4.01. The maximum Gasteiger partial charge on any atom is 0.00223 e. The average molecular weight is 260 g/mol. The van der Waals surface area contributed by atoms with Gasteiger partial charge in [-0.05, 0) is 63.3 Å². The molecule has 1 aromatic carbocycles. The van der Waals surface area contributed by atoms with Crippen LogP contribution in [-0.2, 0) is 6.42 Å². The van der Waals surface area contributed by atoms with Gasteiger partial charge in [0.05, 0.1) is 0 Å². The van der Waals surface area contributed by atoms with Crippen LogP contribution in [0.3, 0.4) is 0 Å². The summed E-state index contributed by atoms with van der Waals surface area (Å²) in [5.41, 5.74) is 1.47. The van der Waals surface area contributed by atoms with Gasteiger partial charge in [-0.15, -0.1) is 0 Å². The fourth-order valence-electron chi connectivity index (χ4n) is 2.92. The van der Waals surface area contributed by atoms with Gasteiger partial charge in [-0.1, -0.05) is 37.3 Å². The van der Waals surface area contributed by atoms with Crippen LogP contribution in [0, 0.1) is 5.92 Å². The number of benzene rings is 1. The largest absolute Gasteiger partial charge is 0.316 e. The molecule has 1 unspecified atom stereocenters. The van der Waals surface area contributed by atoms with Gasteiger partial charge in [0.1, 0.15) is 0 Å². The molecule has 1 heterocycles. The third kappa shape index (κ3) is 5.33. The van der Waals surface area contributed by atoms with E-state index in [2.05, 4.69) is 47.5 Å². The van der Waals surface area contributed by atoms with Gasteiger partial charge in [0.25, 0.3) is 0 Å². The maximum atomic E-state index is 3.55. The van der Waals surface area contributed by atoms with Crippen LogP contribution in [0.2, 0.25) is 0 Å². The zero-order chi connectivity index (χ0) is 13.3. The highest BCUT2D eigenvalue weighted by atomic mass is 15.1. The number of hydrogen-bond donors (Lipinski definition) is 1. The highest BCUT2D eigenvalue weighted by molar-refractivity contribution is 5.14. The molecule has 1 saturated heterocycles. The molecule has 0 aromatic heterocycles. The topological polar surface area (TPSA) is 15.3 Å². The van der Waals surface area contributed by atoms with Gasteiger partial charge >= 0.3 is 0 Å². The van der Waals surface area contributed by atoms with E-state index < -0.39 is 0 Å². The van der Waals surface area contributed by atoms with Crippen LogP contribution >= 0.6 is 0 Å².